The van der Waals surface area contributed by atoms with Gasteiger partial charge in [-0.1, -0.05) is 0 Å². The predicted molar refractivity (Wildman–Crippen MR) is 35.2 cm³/mol. The van der Waals surface area contributed by atoms with E-state index in [2.05, 4.69) is 10.3 Å². The molecule has 0 aromatic heterocycles. The first-order chi connectivity index (χ1) is 4.30. The molecule has 1 unspecified atom stereocenters. The number of amides is 1. The van der Waals surface area contributed by atoms with E-state index >= 15 is 0 Å². The van der Waals surface area contributed by atoms with E-state index in [0.29, 0.717) is 0 Å². The Labute approximate surface area is 53.5 Å². The van der Waals surface area contributed by atoms with E-state index in [1.807, 2.05) is 0 Å². The number of carbonyl (C=O) groups is 1. The molecule has 1 atom stereocenters. The Hall–Kier alpha value is -1.12. The van der Waals surface area contributed by atoms with Crippen LogP contribution < -0.4 is 5.32 Å². The summed E-state index contributed by atoms with van der Waals surface area (Å²) in [6.07, 6.45) is 4.89. The highest BCUT2D eigenvalue weighted by atomic mass is 16.2. The van der Waals surface area contributed by atoms with E-state index in [4.69, 9.17) is 0 Å². The monoisotopic (exact) mass is 124 g/mol. The Kier molecular flexibility index (Phi) is 1.63. The van der Waals surface area contributed by atoms with E-state index in [1.54, 1.807) is 25.4 Å². The number of allylic oxidation sites excluding steroid dienone is 1. The van der Waals surface area contributed by atoms with E-state index in [1.165, 1.54) is 0 Å². The second kappa shape index (κ2) is 2.44. The molecule has 1 N–H and O–H groups in total. The fraction of sp³-hybridized carbons (Fsp3) is 0.333. The van der Waals surface area contributed by atoms with Gasteiger partial charge in [-0.05, 0) is 13.0 Å². The molecule has 1 aliphatic rings. The molecule has 0 saturated carbocycles. The highest BCUT2D eigenvalue weighted by Crippen LogP contribution is 1.90. The maximum absolute atomic E-state index is 10.7. The third-order valence-electron chi connectivity index (χ3n) is 1.10. The van der Waals surface area contributed by atoms with Crippen LogP contribution in [0.5, 0.6) is 0 Å². The van der Waals surface area contributed by atoms with Crippen LogP contribution >= 0.6 is 0 Å². The third-order valence-corrected chi connectivity index (χ3v) is 1.10. The topological polar surface area (TPSA) is 41.5 Å². The van der Waals surface area contributed by atoms with E-state index < -0.39 is 0 Å². The highest BCUT2D eigenvalue weighted by Gasteiger charge is 2.08. The summed E-state index contributed by atoms with van der Waals surface area (Å²) in [6, 6.07) is -0.250. The lowest BCUT2D eigenvalue weighted by Crippen LogP contribution is -2.26. The Balaban J connectivity index is 2.69. The first kappa shape index (κ1) is 6.01. The lowest BCUT2D eigenvalue weighted by atomic mass is 10.3. The van der Waals surface area contributed by atoms with Crippen molar-refractivity contribution in [2.45, 2.75) is 13.0 Å². The van der Waals surface area contributed by atoms with Gasteiger partial charge in [-0.15, -0.1) is 0 Å². The number of nitrogens with zero attached hydrogens (tertiary/aromatic N) is 1. The van der Waals surface area contributed by atoms with Gasteiger partial charge in [0.2, 0.25) is 5.91 Å². The number of hydrogen-bond acceptors (Lipinski definition) is 2. The average Bonchev–Trinajstić information content (AvgIpc) is 1.99. The normalized spacial score (nSPS) is 25.4. The van der Waals surface area contributed by atoms with Crippen molar-refractivity contribution >= 4 is 12.1 Å². The van der Waals surface area contributed by atoms with Gasteiger partial charge < -0.3 is 5.32 Å². The zero-order valence-corrected chi connectivity index (χ0v) is 5.16. The smallest absolute Gasteiger partial charge is 0.248 e. The van der Waals surface area contributed by atoms with Crippen molar-refractivity contribution in [3.8, 4) is 0 Å². The molecule has 0 aromatic carbocycles. The second-order valence-electron chi connectivity index (χ2n) is 1.84. The minimum Gasteiger partial charge on any atom is -0.331 e. The summed E-state index contributed by atoms with van der Waals surface area (Å²) in [5, 5.41) is 2.55. The summed E-state index contributed by atoms with van der Waals surface area (Å²) in [7, 11) is 0. The molecule has 1 amide bonds. The molecule has 48 valence electrons. The van der Waals surface area contributed by atoms with Crippen LogP contribution in [0.2, 0.25) is 0 Å². The minimum absolute atomic E-state index is 0.0556. The zero-order valence-electron chi connectivity index (χ0n) is 5.16. The van der Waals surface area contributed by atoms with E-state index in [0.717, 1.165) is 0 Å². The fourth-order valence-corrected chi connectivity index (χ4v) is 0.540. The lowest BCUT2D eigenvalue weighted by Gasteiger charge is -1.99. The molecule has 0 saturated heterocycles. The van der Waals surface area contributed by atoms with Crippen LogP contribution in [0.15, 0.2) is 17.3 Å². The maximum Gasteiger partial charge on any atom is 0.248 e. The van der Waals surface area contributed by atoms with E-state index in [9.17, 15) is 4.79 Å². The van der Waals surface area contributed by atoms with Gasteiger partial charge in [0.05, 0.1) is 0 Å². The van der Waals surface area contributed by atoms with Gasteiger partial charge in [0.1, 0.15) is 6.04 Å². The predicted octanol–water partition coefficient (Wildman–Crippen LogP) is 0.0892. The van der Waals surface area contributed by atoms with Gasteiger partial charge in [-0.2, -0.15) is 0 Å². The number of hydrogen-bond donors (Lipinski definition) is 1. The molecule has 0 fully saturated rings. The molecule has 0 bridgehead atoms. The molecule has 1 rings (SSSR count). The molecule has 0 aliphatic carbocycles. The van der Waals surface area contributed by atoms with Crippen LogP contribution in [0, 0.1) is 0 Å². The summed E-state index contributed by atoms with van der Waals surface area (Å²) in [5.41, 5.74) is 0. The lowest BCUT2D eigenvalue weighted by molar-refractivity contribution is -0.120. The number of rotatable bonds is 0. The Bertz CT molecular complexity index is 172. The van der Waals surface area contributed by atoms with Crippen LogP contribution in [0.3, 0.4) is 0 Å². The Morgan fingerprint density at radius 1 is 1.78 bits per heavy atom. The molecule has 3 heteroatoms. The molecular formula is C6H8N2O. The van der Waals surface area contributed by atoms with Crippen molar-refractivity contribution in [2.75, 3.05) is 0 Å². The average molecular weight is 124 g/mol. The van der Waals surface area contributed by atoms with Crippen LogP contribution in [0.25, 0.3) is 0 Å². The summed E-state index contributed by atoms with van der Waals surface area (Å²) < 4.78 is 0. The summed E-state index contributed by atoms with van der Waals surface area (Å²) in [4.78, 5) is 14.6. The van der Waals surface area contributed by atoms with Crippen molar-refractivity contribution in [3.63, 3.8) is 0 Å². The third kappa shape index (κ3) is 1.38. The Morgan fingerprint density at radius 3 is 3.33 bits per heavy atom. The second-order valence-corrected chi connectivity index (χ2v) is 1.84. The largest absolute Gasteiger partial charge is 0.331 e. The first-order valence-corrected chi connectivity index (χ1v) is 2.79. The molecule has 1 aliphatic heterocycles. The number of aliphatic imine (C=N–C) groups is 1. The molecule has 0 spiro atoms. The molecule has 1 heterocycles. The number of nitrogens with one attached hydrogen (secondary N) is 1. The van der Waals surface area contributed by atoms with Crippen molar-refractivity contribution in [1.29, 1.82) is 0 Å². The maximum atomic E-state index is 10.7. The van der Waals surface area contributed by atoms with Crippen molar-refractivity contribution < 1.29 is 4.79 Å². The van der Waals surface area contributed by atoms with Crippen LogP contribution in [0.1, 0.15) is 6.92 Å². The van der Waals surface area contributed by atoms with Gasteiger partial charge in [-0.25, -0.2) is 0 Å². The molecule has 9 heavy (non-hydrogen) atoms. The van der Waals surface area contributed by atoms with Gasteiger partial charge in [0, 0.05) is 12.4 Å². The van der Waals surface area contributed by atoms with Crippen molar-refractivity contribution in [2.24, 2.45) is 4.99 Å². The van der Waals surface area contributed by atoms with Gasteiger partial charge in [0.15, 0.2) is 0 Å². The highest BCUT2D eigenvalue weighted by molar-refractivity contribution is 5.87. The number of carbonyl (C=O) groups excluding carboxylic acids is 1. The molecule has 3 nitrogen and oxygen atoms in total. The van der Waals surface area contributed by atoms with Gasteiger partial charge >= 0.3 is 0 Å². The Morgan fingerprint density at radius 2 is 2.56 bits per heavy atom. The first-order valence-electron chi connectivity index (χ1n) is 2.79. The summed E-state index contributed by atoms with van der Waals surface area (Å²) >= 11 is 0. The quantitative estimate of drug-likeness (QED) is 0.488. The molecule has 0 aromatic rings. The fourth-order valence-electron chi connectivity index (χ4n) is 0.540. The zero-order chi connectivity index (χ0) is 6.69. The minimum atomic E-state index is -0.250. The molecular weight excluding hydrogens is 116 g/mol. The van der Waals surface area contributed by atoms with Gasteiger partial charge in [0.25, 0.3) is 0 Å². The standard InChI is InChI=1S/C6H8N2O/c1-5-6(9)8-4-2-3-7-5/h2-5H,1H3,(H,8,9). The molecule has 0 radical (unpaired) electrons. The van der Waals surface area contributed by atoms with Crippen LogP contribution in [-0.2, 0) is 4.79 Å². The van der Waals surface area contributed by atoms with Crippen LogP contribution in [-0.4, -0.2) is 18.2 Å². The summed E-state index contributed by atoms with van der Waals surface area (Å²) in [6.45, 7) is 1.75. The summed E-state index contributed by atoms with van der Waals surface area (Å²) in [5.74, 6) is -0.0556. The van der Waals surface area contributed by atoms with Gasteiger partial charge in [-0.3, -0.25) is 9.79 Å². The SMILES string of the molecule is CC1N=CC=CNC1=O. The van der Waals surface area contributed by atoms with E-state index in [-0.39, 0.29) is 11.9 Å². The van der Waals surface area contributed by atoms with Crippen molar-refractivity contribution in [1.82, 2.24) is 5.32 Å². The van der Waals surface area contributed by atoms with Crippen LogP contribution in [0.4, 0.5) is 0 Å². The van der Waals surface area contributed by atoms with Crippen molar-refractivity contribution in [3.05, 3.63) is 12.3 Å².